The molecule has 0 radical (unpaired) electrons. The van der Waals surface area contributed by atoms with Crippen LogP contribution in [0.4, 0.5) is 10.1 Å². The number of rotatable bonds is 6. The monoisotopic (exact) mass is 428 g/mol. The molecule has 0 aliphatic carbocycles. The summed E-state index contributed by atoms with van der Waals surface area (Å²) in [5.74, 6) is 2.63. The van der Waals surface area contributed by atoms with E-state index < -0.39 is 0 Å². The number of fused-ring (bicyclic) bond motifs is 1. The number of para-hydroxylation sites is 1. The molecule has 1 atom stereocenters. The van der Waals surface area contributed by atoms with Crippen LogP contribution in [0.1, 0.15) is 24.5 Å². The average Bonchev–Trinajstić information content (AvgIpc) is 3.16. The second kappa shape index (κ2) is 10.1. The number of aliphatic imine (C=N–C) groups is 1. The summed E-state index contributed by atoms with van der Waals surface area (Å²) in [7, 11) is 1.81. The summed E-state index contributed by atoms with van der Waals surface area (Å²) in [5, 5.41) is 11.4. The summed E-state index contributed by atoms with van der Waals surface area (Å²) >= 11 is 0. The normalized spacial score (nSPS) is 19.9. The van der Waals surface area contributed by atoms with Gasteiger partial charge in [-0.25, -0.2) is 14.1 Å². The fraction of sp³-hybridized carbons (Fsp3) is 0.591. The number of hydrogen-bond donors (Lipinski definition) is 2. The minimum Gasteiger partial charge on any atom is -0.367 e. The first kappa shape index (κ1) is 21.5. The minimum absolute atomic E-state index is 0.132. The highest BCUT2D eigenvalue weighted by Gasteiger charge is 2.22. The van der Waals surface area contributed by atoms with E-state index in [1.54, 1.807) is 6.07 Å². The quantitative estimate of drug-likeness (QED) is 0.412. The van der Waals surface area contributed by atoms with Gasteiger partial charge in [-0.1, -0.05) is 12.1 Å². The molecule has 1 unspecified atom stereocenters. The molecule has 1 aromatic carbocycles. The average molecular weight is 429 g/mol. The van der Waals surface area contributed by atoms with Crippen molar-refractivity contribution < 1.29 is 4.39 Å². The number of halogens is 1. The molecule has 2 aromatic rings. The van der Waals surface area contributed by atoms with Crippen LogP contribution in [-0.4, -0.2) is 78.0 Å². The van der Waals surface area contributed by atoms with Crippen LogP contribution in [0.2, 0.25) is 0 Å². The number of aryl methyl sites for hydroxylation is 2. The van der Waals surface area contributed by atoms with Crippen LogP contribution in [0.15, 0.2) is 29.3 Å². The second-order valence-corrected chi connectivity index (χ2v) is 8.27. The van der Waals surface area contributed by atoms with Gasteiger partial charge in [0.05, 0.1) is 12.2 Å². The lowest BCUT2D eigenvalue weighted by molar-refractivity contribution is 0.254. The van der Waals surface area contributed by atoms with Gasteiger partial charge in [-0.2, -0.15) is 5.10 Å². The van der Waals surface area contributed by atoms with Crippen molar-refractivity contribution in [2.45, 2.75) is 38.8 Å². The molecule has 0 bridgehead atoms. The van der Waals surface area contributed by atoms with Gasteiger partial charge in [0.2, 0.25) is 0 Å². The van der Waals surface area contributed by atoms with E-state index in [2.05, 4.69) is 35.5 Å². The van der Waals surface area contributed by atoms with Gasteiger partial charge < -0.3 is 15.5 Å². The summed E-state index contributed by atoms with van der Waals surface area (Å²) in [6.45, 7) is 8.31. The zero-order valence-electron chi connectivity index (χ0n) is 18.5. The molecule has 0 spiro atoms. The van der Waals surface area contributed by atoms with Crippen LogP contribution in [0, 0.1) is 12.7 Å². The number of guanidine groups is 1. The van der Waals surface area contributed by atoms with E-state index in [4.69, 9.17) is 0 Å². The maximum atomic E-state index is 14.0. The van der Waals surface area contributed by atoms with Crippen molar-refractivity contribution in [2.24, 2.45) is 4.99 Å². The van der Waals surface area contributed by atoms with Crippen molar-refractivity contribution in [2.75, 3.05) is 51.2 Å². The fourth-order valence-electron chi connectivity index (χ4n) is 4.37. The zero-order valence-corrected chi connectivity index (χ0v) is 18.5. The Labute approximate surface area is 183 Å². The molecule has 168 valence electrons. The number of benzene rings is 1. The Bertz CT molecular complexity index is 887. The van der Waals surface area contributed by atoms with Crippen molar-refractivity contribution in [3.63, 3.8) is 0 Å². The Hall–Kier alpha value is -2.68. The van der Waals surface area contributed by atoms with E-state index in [9.17, 15) is 4.39 Å². The van der Waals surface area contributed by atoms with E-state index in [0.717, 1.165) is 88.4 Å². The van der Waals surface area contributed by atoms with Gasteiger partial charge in [-0.3, -0.25) is 9.89 Å². The molecule has 4 rings (SSSR count). The predicted octanol–water partition coefficient (Wildman–Crippen LogP) is 1.42. The number of aromatic nitrogens is 3. The Morgan fingerprint density at radius 3 is 2.81 bits per heavy atom. The maximum Gasteiger partial charge on any atom is 0.191 e. The smallest absolute Gasteiger partial charge is 0.191 e. The van der Waals surface area contributed by atoms with Crippen LogP contribution in [0.5, 0.6) is 0 Å². The zero-order chi connectivity index (χ0) is 21.6. The van der Waals surface area contributed by atoms with Crippen molar-refractivity contribution in [1.29, 1.82) is 0 Å². The van der Waals surface area contributed by atoms with Crippen LogP contribution >= 0.6 is 0 Å². The Kier molecular flexibility index (Phi) is 7.01. The van der Waals surface area contributed by atoms with Crippen LogP contribution in [0.25, 0.3) is 0 Å². The van der Waals surface area contributed by atoms with Gasteiger partial charge in [-0.15, -0.1) is 0 Å². The number of anilines is 1. The fourth-order valence-corrected chi connectivity index (χ4v) is 4.37. The lowest BCUT2D eigenvalue weighted by atomic mass is 10.1. The Balaban J connectivity index is 1.14. The van der Waals surface area contributed by atoms with Crippen molar-refractivity contribution in [3.8, 4) is 0 Å². The summed E-state index contributed by atoms with van der Waals surface area (Å²) in [6.07, 6.45) is 3.01. The lowest BCUT2D eigenvalue weighted by Crippen LogP contribution is -2.48. The molecular weight excluding hydrogens is 395 g/mol. The highest BCUT2D eigenvalue weighted by Crippen LogP contribution is 2.20. The SMILES string of the molecule is CN=C(NCCCN1CCN(c2ccccc2F)CC1)NC1CCc2nc(C)nn2C1. The highest BCUT2D eigenvalue weighted by atomic mass is 19.1. The molecule has 8 nitrogen and oxygen atoms in total. The van der Waals surface area contributed by atoms with Gasteiger partial charge in [-0.05, 0) is 38.4 Å². The standard InChI is InChI=1S/C22H33FN8/c1-17-26-21-9-8-18(16-31(21)28-17)27-22(24-2)25-10-5-11-29-12-14-30(15-13-29)20-7-4-3-6-19(20)23/h3-4,6-7,18H,5,8-16H2,1-2H3,(H2,24,25,27). The van der Waals surface area contributed by atoms with Crippen molar-refractivity contribution in [1.82, 2.24) is 30.3 Å². The second-order valence-electron chi connectivity index (χ2n) is 8.27. The Morgan fingerprint density at radius 2 is 2.03 bits per heavy atom. The first-order chi connectivity index (χ1) is 15.1. The van der Waals surface area contributed by atoms with E-state index in [-0.39, 0.29) is 5.82 Å². The predicted molar refractivity (Wildman–Crippen MR) is 121 cm³/mol. The van der Waals surface area contributed by atoms with Gasteiger partial charge in [0.15, 0.2) is 5.96 Å². The van der Waals surface area contributed by atoms with E-state index in [1.165, 1.54) is 6.07 Å². The molecule has 0 amide bonds. The summed E-state index contributed by atoms with van der Waals surface area (Å²) in [4.78, 5) is 13.4. The third kappa shape index (κ3) is 5.52. The van der Waals surface area contributed by atoms with Crippen LogP contribution < -0.4 is 15.5 Å². The number of piperazine rings is 1. The number of nitrogens with one attached hydrogen (secondary N) is 2. The summed E-state index contributed by atoms with van der Waals surface area (Å²) in [5.41, 5.74) is 0.717. The molecule has 1 fully saturated rings. The van der Waals surface area contributed by atoms with Crippen LogP contribution in [0.3, 0.4) is 0 Å². The molecule has 1 aromatic heterocycles. The minimum atomic E-state index is -0.132. The topological polar surface area (TPSA) is 73.6 Å². The van der Waals surface area contributed by atoms with Crippen molar-refractivity contribution in [3.05, 3.63) is 41.7 Å². The third-order valence-corrected chi connectivity index (χ3v) is 6.04. The number of hydrogen-bond acceptors (Lipinski definition) is 5. The molecule has 9 heteroatoms. The van der Waals surface area contributed by atoms with E-state index in [0.29, 0.717) is 6.04 Å². The Morgan fingerprint density at radius 1 is 1.23 bits per heavy atom. The van der Waals surface area contributed by atoms with Crippen molar-refractivity contribution >= 4 is 11.6 Å². The molecule has 1 saturated heterocycles. The summed E-state index contributed by atoms with van der Waals surface area (Å²) in [6, 6.07) is 7.35. The van der Waals surface area contributed by atoms with E-state index in [1.807, 2.05) is 30.8 Å². The lowest BCUT2D eigenvalue weighted by Gasteiger charge is -2.36. The molecule has 2 aliphatic heterocycles. The molecular formula is C22H33FN8. The molecule has 3 heterocycles. The first-order valence-electron chi connectivity index (χ1n) is 11.2. The molecule has 0 saturated carbocycles. The first-order valence-corrected chi connectivity index (χ1v) is 11.2. The largest absolute Gasteiger partial charge is 0.367 e. The maximum absolute atomic E-state index is 14.0. The molecule has 31 heavy (non-hydrogen) atoms. The van der Waals surface area contributed by atoms with E-state index >= 15 is 0 Å². The van der Waals surface area contributed by atoms with Gasteiger partial charge >= 0.3 is 0 Å². The van der Waals surface area contributed by atoms with Crippen LogP contribution in [-0.2, 0) is 13.0 Å². The highest BCUT2D eigenvalue weighted by molar-refractivity contribution is 5.79. The number of nitrogens with zero attached hydrogens (tertiary/aromatic N) is 6. The van der Waals surface area contributed by atoms with Gasteiger partial charge in [0, 0.05) is 52.2 Å². The summed E-state index contributed by atoms with van der Waals surface area (Å²) < 4.78 is 16.0. The van der Waals surface area contributed by atoms with Gasteiger partial charge in [0.25, 0.3) is 0 Å². The molecule has 2 N–H and O–H groups in total. The third-order valence-electron chi connectivity index (χ3n) is 6.04. The molecule has 2 aliphatic rings. The van der Waals surface area contributed by atoms with Gasteiger partial charge in [0.1, 0.15) is 17.5 Å².